The Kier molecular flexibility index (Phi) is 7.24. The van der Waals surface area contributed by atoms with Gasteiger partial charge in [0.2, 0.25) is 0 Å². The first-order chi connectivity index (χ1) is 12.8. The third kappa shape index (κ3) is 5.69. The van der Waals surface area contributed by atoms with Crippen LogP contribution >= 0.6 is 12.1 Å². The van der Waals surface area contributed by atoms with E-state index < -0.39 is 12.2 Å². The molecule has 0 unspecified atom stereocenters. The molecule has 150 valence electrons. The molecule has 0 saturated carbocycles. The van der Waals surface area contributed by atoms with E-state index in [1.807, 2.05) is 32.9 Å². The summed E-state index contributed by atoms with van der Waals surface area (Å²) in [5.41, 5.74) is 0.684. The van der Waals surface area contributed by atoms with Crippen molar-refractivity contribution in [2.24, 2.45) is 0 Å². The van der Waals surface area contributed by atoms with E-state index in [4.69, 9.17) is 14.2 Å². The summed E-state index contributed by atoms with van der Waals surface area (Å²) < 4.78 is 19.2. The first-order valence-electron chi connectivity index (χ1n) is 9.16. The first-order valence-corrected chi connectivity index (χ1v) is 9.89. The van der Waals surface area contributed by atoms with Crippen LogP contribution in [0.25, 0.3) is 0 Å². The van der Waals surface area contributed by atoms with Crippen LogP contribution < -0.4 is 9.47 Å². The maximum atomic E-state index is 12.5. The molecule has 7 nitrogen and oxygen atoms in total. The summed E-state index contributed by atoms with van der Waals surface area (Å²) in [6, 6.07) is 5.51. The lowest BCUT2D eigenvalue weighted by atomic mass is 10.0. The van der Waals surface area contributed by atoms with Gasteiger partial charge in [0.25, 0.3) is 0 Å². The maximum Gasteiger partial charge on any atom is 0.426 e. The molecular formula is C19H28N2O5S. The van der Waals surface area contributed by atoms with Gasteiger partial charge in [0.15, 0.2) is 11.5 Å². The van der Waals surface area contributed by atoms with Crippen LogP contribution in [0.4, 0.5) is 9.59 Å². The summed E-state index contributed by atoms with van der Waals surface area (Å²) >= 11 is 0.970. The van der Waals surface area contributed by atoms with Crippen LogP contribution in [0.5, 0.6) is 11.5 Å². The number of ether oxygens (including phenoxy) is 3. The highest BCUT2D eigenvalue weighted by Gasteiger charge is 2.33. The largest absolute Gasteiger partial charge is 0.483 e. The number of fused-ring (bicyclic) bond motifs is 1. The number of rotatable bonds is 7. The molecule has 0 saturated heterocycles. The summed E-state index contributed by atoms with van der Waals surface area (Å²) in [6.07, 6.45) is 1.43. The van der Waals surface area contributed by atoms with Crippen molar-refractivity contribution in [2.45, 2.75) is 52.6 Å². The fraction of sp³-hybridized carbons (Fsp3) is 0.579. The molecule has 1 aliphatic heterocycles. The van der Waals surface area contributed by atoms with Crippen LogP contribution in [0.3, 0.4) is 0 Å². The minimum absolute atomic E-state index is 0.277. The lowest BCUT2D eigenvalue weighted by Gasteiger charge is -2.25. The Morgan fingerprint density at radius 1 is 1.26 bits per heavy atom. The lowest BCUT2D eigenvalue weighted by molar-refractivity contribution is 0.129. The fourth-order valence-corrected chi connectivity index (χ4v) is 3.40. The topological polar surface area (TPSA) is 68.3 Å². The standard InChI is InChI=1S/C19H28N2O5S/c1-6-8-12-21(18(23)24-7-2)27-20(5)17(22)25-15-11-9-10-14-13-19(3,4)26-16(14)15/h9-11H,6-8,12-13H2,1-5H3. The van der Waals surface area contributed by atoms with Crippen molar-refractivity contribution < 1.29 is 23.8 Å². The van der Waals surface area contributed by atoms with Gasteiger partial charge < -0.3 is 14.2 Å². The second kappa shape index (κ2) is 9.21. The Bertz CT molecular complexity index is 680. The van der Waals surface area contributed by atoms with Gasteiger partial charge in [0.05, 0.1) is 18.7 Å². The SMILES string of the molecule is CCCCN(SN(C)C(=O)Oc1cccc2c1OC(C)(C)C2)C(=O)OCC. The van der Waals surface area contributed by atoms with Gasteiger partial charge in [-0.3, -0.25) is 0 Å². The predicted octanol–water partition coefficient (Wildman–Crippen LogP) is 4.65. The maximum absolute atomic E-state index is 12.5. The Hall–Kier alpha value is -2.09. The number of carbonyl (C=O) groups excluding carboxylic acids is 2. The van der Waals surface area contributed by atoms with Gasteiger partial charge in [-0.2, -0.15) is 0 Å². The van der Waals surface area contributed by atoms with Crippen molar-refractivity contribution in [2.75, 3.05) is 20.2 Å². The van der Waals surface area contributed by atoms with E-state index in [0.717, 1.165) is 37.0 Å². The smallest absolute Gasteiger partial charge is 0.426 e. The quantitative estimate of drug-likeness (QED) is 0.625. The van der Waals surface area contributed by atoms with E-state index in [1.165, 1.54) is 8.61 Å². The summed E-state index contributed by atoms with van der Waals surface area (Å²) in [5.74, 6) is 0.981. The molecule has 0 radical (unpaired) electrons. The van der Waals surface area contributed by atoms with Crippen molar-refractivity contribution >= 4 is 24.3 Å². The molecule has 0 atom stereocenters. The normalized spacial score (nSPS) is 14.1. The van der Waals surface area contributed by atoms with E-state index in [1.54, 1.807) is 20.0 Å². The highest BCUT2D eigenvalue weighted by atomic mass is 32.2. The predicted molar refractivity (Wildman–Crippen MR) is 105 cm³/mol. The van der Waals surface area contributed by atoms with Crippen LogP contribution in [0.2, 0.25) is 0 Å². The summed E-state index contributed by atoms with van der Waals surface area (Å²) in [7, 11) is 1.55. The number of nitrogens with zero attached hydrogens (tertiary/aromatic N) is 2. The molecule has 1 heterocycles. The lowest BCUT2D eigenvalue weighted by Crippen LogP contribution is -2.34. The molecule has 8 heteroatoms. The molecular weight excluding hydrogens is 368 g/mol. The van der Waals surface area contributed by atoms with Crippen LogP contribution in [0.15, 0.2) is 18.2 Å². The first kappa shape index (κ1) is 21.2. The van der Waals surface area contributed by atoms with Gasteiger partial charge in [0.1, 0.15) is 5.60 Å². The minimum atomic E-state index is -0.590. The Balaban J connectivity index is 2.03. The molecule has 0 aliphatic carbocycles. The van der Waals surface area contributed by atoms with E-state index >= 15 is 0 Å². The average molecular weight is 397 g/mol. The fourth-order valence-electron chi connectivity index (χ4n) is 2.67. The second-order valence-electron chi connectivity index (χ2n) is 6.88. The number of unbranched alkanes of at least 4 members (excludes halogenated alkanes) is 1. The number of benzene rings is 1. The van der Waals surface area contributed by atoms with E-state index in [2.05, 4.69) is 0 Å². The zero-order valence-corrected chi connectivity index (χ0v) is 17.4. The van der Waals surface area contributed by atoms with Crippen molar-refractivity contribution in [3.63, 3.8) is 0 Å². The van der Waals surface area contributed by atoms with Gasteiger partial charge in [-0.05, 0) is 33.3 Å². The zero-order valence-electron chi connectivity index (χ0n) is 16.6. The zero-order chi connectivity index (χ0) is 20.0. The number of hydrogen-bond acceptors (Lipinski definition) is 6. The van der Waals surface area contributed by atoms with E-state index in [9.17, 15) is 9.59 Å². The van der Waals surface area contributed by atoms with Crippen molar-refractivity contribution in [1.29, 1.82) is 0 Å². The second-order valence-corrected chi connectivity index (χ2v) is 8.04. The average Bonchev–Trinajstić information content (AvgIpc) is 2.93. The molecule has 1 aromatic rings. The number of hydrogen-bond donors (Lipinski definition) is 0. The van der Waals surface area contributed by atoms with Crippen molar-refractivity contribution in [3.8, 4) is 11.5 Å². The van der Waals surface area contributed by atoms with Crippen LogP contribution in [0.1, 0.15) is 46.1 Å². The van der Waals surface area contributed by atoms with Crippen LogP contribution in [-0.2, 0) is 11.2 Å². The van der Waals surface area contributed by atoms with Crippen LogP contribution in [-0.4, -0.2) is 46.6 Å². The van der Waals surface area contributed by atoms with Gasteiger partial charge in [0, 0.05) is 25.6 Å². The third-order valence-corrected chi connectivity index (χ3v) is 4.84. The van der Waals surface area contributed by atoms with Gasteiger partial charge in [-0.25, -0.2) is 18.2 Å². The van der Waals surface area contributed by atoms with Crippen LogP contribution in [0, 0.1) is 0 Å². The number of amides is 2. The summed E-state index contributed by atoms with van der Waals surface area (Å²) in [5, 5.41) is 0. The molecule has 27 heavy (non-hydrogen) atoms. The molecule has 1 aliphatic rings. The molecule has 0 aromatic heterocycles. The summed E-state index contributed by atoms with van der Waals surface area (Å²) in [4.78, 5) is 24.6. The van der Waals surface area contributed by atoms with E-state index in [-0.39, 0.29) is 12.2 Å². The molecule has 2 amide bonds. The Morgan fingerprint density at radius 3 is 2.67 bits per heavy atom. The highest BCUT2D eigenvalue weighted by Crippen LogP contribution is 2.42. The van der Waals surface area contributed by atoms with Crippen molar-refractivity contribution in [1.82, 2.24) is 8.61 Å². The van der Waals surface area contributed by atoms with Gasteiger partial charge in [-0.15, -0.1) is 0 Å². The number of carbonyl (C=O) groups is 2. The number of para-hydroxylation sites is 1. The Labute approximate surface area is 165 Å². The van der Waals surface area contributed by atoms with Gasteiger partial charge >= 0.3 is 12.2 Å². The monoisotopic (exact) mass is 396 g/mol. The third-order valence-electron chi connectivity index (χ3n) is 3.92. The van der Waals surface area contributed by atoms with Crippen molar-refractivity contribution in [3.05, 3.63) is 23.8 Å². The molecule has 0 bridgehead atoms. The Morgan fingerprint density at radius 2 is 2.00 bits per heavy atom. The minimum Gasteiger partial charge on any atom is -0.483 e. The molecule has 0 spiro atoms. The van der Waals surface area contributed by atoms with E-state index in [0.29, 0.717) is 18.0 Å². The molecule has 0 fully saturated rings. The molecule has 1 aromatic carbocycles. The van der Waals surface area contributed by atoms with Gasteiger partial charge in [-0.1, -0.05) is 25.5 Å². The molecule has 0 N–H and O–H groups in total. The molecule has 2 rings (SSSR count). The summed E-state index contributed by atoms with van der Waals surface area (Å²) in [6.45, 7) is 8.52. The highest BCUT2D eigenvalue weighted by molar-refractivity contribution is 7.95.